The molecular formula is C15H17N3O4. The largest absolute Gasteiger partial charge is 0.494 e. The molecule has 7 heteroatoms. The van der Waals surface area contributed by atoms with Crippen molar-refractivity contribution in [1.29, 1.82) is 0 Å². The lowest BCUT2D eigenvalue weighted by Crippen LogP contribution is -2.26. The van der Waals surface area contributed by atoms with Crippen molar-refractivity contribution in [3.63, 3.8) is 0 Å². The third kappa shape index (κ3) is 4.08. The number of hydrogen-bond acceptors (Lipinski definition) is 5. The van der Waals surface area contributed by atoms with E-state index in [1.54, 1.807) is 6.92 Å². The molecule has 0 bridgehead atoms. The second-order valence-corrected chi connectivity index (χ2v) is 4.53. The van der Waals surface area contributed by atoms with E-state index in [-0.39, 0.29) is 12.2 Å². The molecule has 22 heavy (non-hydrogen) atoms. The van der Waals surface area contributed by atoms with Crippen molar-refractivity contribution in [2.45, 2.75) is 20.5 Å². The molecular weight excluding hydrogens is 286 g/mol. The lowest BCUT2D eigenvalue weighted by Gasteiger charge is -2.04. The molecule has 2 aromatic rings. The van der Waals surface area contributed by atoms with Gasteiger partial charge in [-0.15, -0.1) is 0 Å². The predicted molar refractivity (Wildman–Crippen MR) is 82.4 cm³/mol. The molecule has 2 rings (SSSR count). The molecule has 0 aliphatic rings. The Morgan fingerprint density at radius 3 is 2.55 bits per heavy atom. The Hall–Kier alpha value is -2.83. The molecule has 0 radical (unpaired) electrons. The van der Waals surface area contributed by atoms with Gasteiger partial charge in [-0.1, -0.05) is 17.3 Å². The van der Waals surface area contributed by atoms with Crippen LogP contribution in [0.5, 0.6) is 5.75 Å². The number of oxime groups is 1. The summed E-state index contributed by atoms with van der Waals surface area (Å²) in [6, 6.07) is 7.45. The number of hydrogen-bond donors (Lipinski definition) is 2. The smallest absolute Gasteiger partial charge is 0.325 e. The lowest BCUT2D eigenvalue weighted by atomic mass is 10.2. The molecule has 1 heterocycles. The first-order valence-electron chi connectivity index (χ1n) is 6.80. The summed E-state index contributed by atoms with van der Waals surface area (Å²) in [5.74, 6) is 0.796. The van der Waals surface area contributed by atoms with Crippen LogP contribution in [0.1, 0.15) is 23.7 Å². The van der Waals surface area contributed by atoms with Crippen LogP contribution >= 0.6 is 0 Å². The van der Waals surface area contributed by atoms with Crippen LogP contribution in [0.4, 0.5) is 0 Å². The van der Waals surface area contributed by atoms with Crippen LogP contribution in [0.25, 0.3) is 0 Å². The van der Waals surface area contributed by atoms with Gasteiger partial charge in [0.25, 0.3) is 5.56 Å². The van der Waals surface area contributed by atoms with Gasteiger partial charge in [-0.2, -0.15) is 0 Å². The van der Waals surface area contributed by atoms with E-state index in [1.807, 2.05) is 31.2 Å². The van der Waals surface area contributed by atoms with Crippen molar-refractivity contribution in [2.75, 3.05) is 6.61 Å². The maximum Gasteiger partial charge on any atom is 0.325 e. The molecule has 1 aromatic carbocycles. The van der Waals surface area contributed by atoms with Gasteiger partial charge >= 0.3 is 5.69 Å². The Kier molecular flexibility index (Phi) is 5.13. The minimum absolute atomic E-state index is 0.256. The molecule has 0 fully saturated rings. The molecule has 0 atom stereocenters. The third-order valence-corrected chi connectivity index (χ3v) is 2.90. The van der Waals surface area contributed by atoms with E-state index in [1.165, 1.54) is 6.21 Å². The lowest BCUT2D eigenvalue weighted by molar-refractivity contribution is 0.132. The fraction of sp³-hybridized carbons (Fsp3) is 0.267. The van der Waals surface area contributed by atoms with Gasteiger partial charge in [0.05, 0.1) is 18.4 Å². The summed E-state index contributed by atoms with van der Waals surface area (Å²) in [4.78, 5) is 32.4. The Morgan fingerprint density at radius 1 is 1.18 bits per heavy atom. The Bertz CT molecular complexity index is 760. The number of rotatable bonds is 6. The first-order valence-corrected chi connectivity index (χ1v) is 6.80. The number of ether oxygens (including phenoxy) is 1. The van der Waals surface area contributed by atoms with Crippen LogP contribution in [-0.2, 0) is 11.4 Å². The van der Waals surface area contributed by atoms with Crippen molar-refractivity contribution in [3.05, 3.63) is 61.9 Å². The molecule has 0 saturated heterocycles. The van der Waals surface area contributed by atoms with E-state index < -0.39 is 11.2 Å². The Labute approximate surface area is 126 Å². The van der Waals surface area contributed by atoms with Crippen LogP contribution in [0.15, 0.2) is 39.0 Å². The fourth-order valence-electron chi connectivity index (χ4n) is 1.82. The maximum atomic E-state index is 11.6. The summed E-state index contributed by atoms with van der Waals surface area (Å²) >= 11 is 0. The zero-order valence-electron chi connectivity index (χ0n) is 12.4. The maximum absolute atomic E-state index is 11.6. The van der Waals surface area contributed by atoms with Gasteiger partial charge in [-0.3, -0.25) is 9.78 Å². The van der Waals surface area contributed by atoms with E-state index in [4.69, 9.17) is 9.57 Å². The van der Waals surface area contributed by atoms with E-state index in [0.717, 1.165) is 11.3 Å². The minimum Gasteiger partial charge on any atom is -0.494 e. The van der Waals surface area contributed by atoms with Gasteiger partial charge in [0.15, 0.2) is 0 Å². The highest BCUT2D eigenvalue weighted by molar-refractivity contribution is 5.79. The average molecular weight is 303 g/mol. The molecule has 0 unspecified atom stereocenters. The molecule has 0 saturated carbocycles. The normalized spacial score (nSPS) is 10.8. The zero-order valence-corrected chi connectivity index (χ0v) is 12.4. The monoisotopic (exact) mass is 303 g/mol. The van der Waals surface area contributed by atoms with Gasteiger partial charge in [0.1, 0.15) is 12.4 Å². The summed E-state index contributed by atoms with van der Waals surface area (Å²) < 4.78 is 5.34. The van der Waals surface area contributed by atoms with E-state index in [2.05, 4.69) is 15.1 Å². The number of aryl methyl sites for hydroxylation is 1. The molecule has 1 aromatic heterocycles. The van der Waals surface area contributed by atoms with Crippen molar-refractivity contribution < 1.29 is 9.57 Å². The van der Waals surface area contributed by atoms with E-state index in [9.17, 15) is 9.59 Å². The molecule has 0 amide bonds. The highest BCUT2D eigenvalue weighted by atomic mass is 16.6. The van der Waals surface area contributed by atoms with Crippen molar-refractivity contribution in [2.24, 2.45) is 5.16 Å². The summed E-state index contributed by atoms with van der Waals surface area (Å²) in [5, 5.41) is 3.75. The fourth-order valence-corrected chi connectivity index (χ4v) is 1.82. The molecule has 116 valence electrons. The van der Waals surface area contributed by atoms with Crippen LogP contribution in [0.3, 0.4) is 0 Å². The standard InChI is InChI=1S/C15H17N3O4/c1-3-21-12-6-4-11(5-7-12)9-22-16-8-13-10(2)17-15(20)18-14(13)19/h4-8H,3,9H2,1-2H3,(H2,17,18,19,20). The summed E-state index contributed by atoms with van der Waals surface area (Å²) in [5.41, 5.74) is 0.561. The Morgan fingerprint density at radius 2 is 1.91 bits per heavy atom. The minimum atomic E-state index is -0.546. The highest BCUT2D eigenvalue weighted by Crippen LogP contribution is 2.12. The second kappa shape index (κ2) is 7.26. The molecule has 7 nitrogen and oxygen atoms in total. The van der Waals surface area contributed by atoms with Gasteiger partial charge in [-0.05, 0) is 31.5 Å². The average Bonchev–Trinajstić information content (AvgIpc) is 2.47. The number of H-pyrrole nitrogens is 2. The SMILES string of the molecule is CCOc1ccc(CON=Cc2c(C)[nH]c(=O)[nH]c2=O)cc1. The molecule has 0 aliphatic carbocycles. The van der Waals surface area contributed by atoms with Crippen molar-refractivity contribution in [1.82, 2.24) is 9.97 Å². The van der Waals surface area contributed by atoms with Crippen molar-refractivity contribution in [3.8, 4) is 5.75 Å². The van der Waals surface area contributed by atoms with Gasteiger partial charge in [-0.25, -0.2) is 4.79 Å². The second-order valence-electron chi connectivity index (χ2n) is 4.53. The zero-order chi connectivity index (χ0) is 15.9. The topological polar surface area (TPSA) is 96.5 Å². The number of benzene rings is 1. The predicted octanol–water partition coefficient (Wildman–Crippen LogP) is 1.32. The molecule has 0 spiro atoms. The quantitative estimate of drug-likeness (QED) is 0.621. The number of aromatic nitrogens is 2. The van der Waals surface area contributed by atoms with E-state index >= 15 is 0 Å². The van der Waals surface area contributed by atoms with Gasteiger partial charge in [0.2, 0.25) is 0 Å². The molecule has 2 N–H and O–H groups in total. The summed E-state index contributed by atoms with van der Waals surface area (Å²) in [6.07, 6.45) is 1.28. The first-order chi connectivity index (χ1) is 10.6. The highest BCUT2D eigenvalue weighted by Gasteiger charge is 2.02. The first kappa shape index (κ1) is 15.6. The summed E-state index contributed by atoms with van der Waals surface area (Å²) in [7, 11) is 0. The van der Waals surface area contributed by atoms with Crippen LogP contribution in [-0.4, -0.2) is 22.8 Å². The Balaban J connectivity index is 1.96. The summed E-state index contributed by atoms with van der Waals surface area (Å²) in [6.45, 7) is 4.42. The van der Waals surface area contributed by atoms with Crippen molar-refractivity contribution >= 4 is 6.21 Å². The van der Waals surface area contributed by atoms with Gasteiger partial charge < -0.3 is 14.6 Å². The van der Waals surface area contributed by atoms with E-state index in [0.29, 0.717) is 12.3 Å². The number of nitrogens with one attached hydrogen (secondary N) is 2. The number of aromatic amines is 2. The van der Waals surface area contributed by atoms with Crippen LogP contribution < -0.4 is 16.0 Å². The third-order valence-electron chi connectivity index (χ3n) is 2.90. The van der Waals surface area contributed by atoms with Gasteiger partial charge in [0, 0.05) is 5.69 Å². The molecule has 0 aliphatic heterocycles. The number of nitrogens with zero attached hydrogens (tertiary/aromatic N) is 1. The van der Waals surface area contributed by atoms with Crippen LogP contribution in [0.2, 0.25) is 0 Å². The van der Waals surface area contributed by atoms with Crippen LogP contribution in [0, 0.1) is 6.92 Å².